The van der Waals surface area contributed by atoms with Crippen molar-refractivity contribution in [1.82, 2.24) is 4.98 Å². The maximum absolute atomic E-state index is 11.2. The molecule has 0 fully saturated rings. The fraction of sp³-hybridized carbons (Fsp3) is 0.0667. The Kier molecular flexibility index (Phi) is 3.01. The van der Waals surface area contributed by atoms with Crippen LogP contribution in [0.2, 0.25) is 0 Å². The minimum Gasteiger partial charge on any atom is -0.511 e. The van der Waals surface area contributed by atoms with E-state index in [9.17, 15) is 9.32 Å². The van der Waals surface area contributed by atoms with Crippen molar-refractivity contribution in [2.24, 2.45) is 0 Å². The third kappa shape index (κ3) is 2.11. The molecule has 1 aliphatic carbocycles. The highest BCUT2D eigenvalue weighted by molar-refractivity contribution is 7.67. The summed E-state index contributed by atoms with van der Waals surface area (Å²) in [6.45, 7) is 0. The Hall–Kier alpha value is -2.20. The predicted molar refractivity (Wildman–Crippen MR) is 77.5 cm³/mol. The summed E-state index contributed by atoms with van der Waals surface area (Å²) in [5.74, 6) is -0.166. The van der Waals surface area contributed by atoms with E-state index in [0.29, 0.717) is 16.1 Å². The lowest BCUT2D eigenvalue weighted by Gasteiger charge is -2.18. The number of aromatic nitrogens is 1. The minimum atomic E-state index is -0.364. The van der Waals surface area contributed by atoms with Gasteiger partial charge in [0, 0.05) is 11.6 Å². The first-order chi connectivity index (χ1) is 9.29. The van der Waals surface area contributed by atoms with Crippen LogP contribution in [-0.2, 0) is 11.3 Å². The second-order valence-electron chi connectivity index (χ2n) is 4.32. The van der Waals surface area contributed by atoms with Gasteiger partial charge in [-0.1, -0.05) is 18.2 Å². The molecule has 1 aliphatic rings. The second kappa shape index (κ2) is 4.82. The Morgan fingerprint density at radius 1 is 1.26 bits per heavy atom. The van der Waals surface area contributed by atoms with Crippen LogP contribution in [0.3, 0.4) is 0 Å². The smallest absolute Gasteiger partial charge is 0.105 e. The van der Waals surface area contributed by atoms with Gasteiger partial charge < -0.3 is 5.11 Å². The third-order valence-corrected chi connectivity index (χ3v) is 3.73. The van der Waals surface area contributed by atoms with Gasteiger partial charge >= 0.3 is 0 Å². The lowest BCUT2D eigenvalue weighted by Crippen LogP contribution is -2.15. The van der Waals surface area contributed by atoms with E-state index >= 15 is 0 Å². The van der Waals surface area contributed by atoms with Crippen LogP contribution < -0.4 is 0 Å². The molecule has 1 aromatic carbocycles. The van der Waals surface area contributed by atoms with Gasteiger partial charge in [0.2, 0.25) is 0 Å². The summed E-state index contributed by atoms with van der Waals surface area (Å²) in [6, 6.07) is 9.61. The van der Waals surface area contributed by atoms with Gasteiger partial charge in [0.25, 0.3) is 0 Å². The van der Waals surface area contributed by atoms with E-state index in [0.717, 1.165) is 16.5 Å². The molecule has 1 N–H and O–H groups in total. The van der Waals surface area contributed by atoms with E-state index in [1.54, 1.807) is 24.4 Å². The van der Waals surface area contributed by atoms with Crippen molar-refractivity contribution in [2.45, 2.75) is 5.92 Å². The molecule has 0 amide bonds. The number of aliphatic hydroxyl groups is 1. The molecule has 0 radical (unpaired) electrons. The molecule has 0 saturated heterocycles. The number of aliphatic hydroxyl groups excluding tert-OH is 1. The van der Waals surface area contributed by atoms with E-state index in [4.69, 9.17) is 0 Å². The molecule has 0 aliphatic heterocycles. The lowest BCUT2D eigenvalue weighted by molar-refractivity contribution is 0.390. The maximum atomic E-state index is 11.2. The number of hydrogen-bond donors (Lipinski definition) is 1. The van der Waals surface area contributed by atoms with Gasteiger partial charge in [-0.2, -0.15) is 0 Å². The zero-order chi connectivity index (χ0) is 13.2. The van der Waals surface area contributed by atoms with Crippen molar-refractivity contribution in [3.8, 4) is 0 Å². The number of rotatable bonds is 1. The van der Waals surface area contributed by atoms with E-state index < -0.39 is 0 Å². The molecule has 2 aromatic rings. The summed E-state index contributed by atoms with van der Waals surface area (Å²) < 4.78 is 11.2. The first-order valence-electron chi connectivity index (χ1n) is 5.88. The summed E-state index contributed by atoms with van der Waals surface area (Å²) in [7, 11) is 0. The molecule has 1 heterocycles. The van der Waals surface area contributed by atoms with Crippen molar-refractivity contribution >= 4 is 27.0 Å². The molecule has 4 heteroatoms. The molecule has 0 saturated carbocycles. The number of nitrogens with zero attached hydrogens (tertiary/aromatic N) is 1. The van der Waals surface area contributed by atoms with E-state index in [1.807, 2.05) is 30.3 Å². The molecule has 1 atom stereocenters. The van der Waals surface area contributed by atoms with Crippen molar-refractivity contribution in [2.75, 3.05) is 0 Å². The summed E-state index contributed by atoms with van der Waals surface area (Å²) in [5, 5.41) is 11.0. The van der Waals surface area contributed by atoms with Crippen molar-refractivity contribution in [3.05, 3.63) is 66.1 Å². The largest absolute Gasteiger partial charge is 0.511 e. The van der Waals surface area contributed by atoms with Gasteiger partial charge in [-0.15, -0.1) is 0 Å². The van der Waals surface area contributed by atoms with Gasteiger partial charge in [0.1, 0.15) is 5.76 Å². The quantitative estimate of drug-likeness (QED) is 0.810. The average Bonchev–Trinajstić information content (AvgIpc) is 2.46. The predicted octanol–water partition coefficient (Wildman–Crippen LogP) is 2.72. The molecule has 0 bridgehead atoms. The molecule has 0 spiro atoms. The topological polar surface area (TPSA) is 50.2 Å². The van der Waals surface area contributed by atoms with Crippen LogP contribution in [-0.4, -0.2) is 19.2 Å². The first kappa shape index (κ1) is 11.9. The van der Waals surface area contributed by atoms with Gasteiger partial charge in [-0.3, -0.25) is 4.98 Å². The molecule has 1 aromatic heterocycles. The van der Waals surface area contributed by atoms with Crippen LogP contribution >= 0.6 is 0 Å². The molecule has 94 valence electrons. The molecular weight excluding hydrogens is 258 g/mol. The summed E-state index contributed by atoms with van der Waals surface area (Å²) >= 11 is 0.421. The molecule has 3 rings (SSSR count). The molecule has 19 heavy (non-hydrogen) atoms. The fourth-order valence-corrected chi connectivity index (χ4v) is 2.75. The van der Waals surface area contributed by atoms with E-state index in [2.05, 4.69) is 4.98 Å². The fourth-order valence-electron chi connectivity index (χ4n) is 2.26. The van der Waals surface area contributed by atoms with Crippen LogP contribution in [0.15, 0.2) is 60.5 Å². The molecular formula is C15H11NO2S. The van der Waals surface area contributed by atoms with Crippen LogP contribution in [0, 0.1) is 0 Å². The first-order valence-corrected chi connectivity index (χ1v) is 6.62. The normalized spacial score (nSPS) is 18.4. The van der Waals surface area contributed by atoms with E-state index in [1.165, 1.54) is 0 Å². The SMILES string of the molecule is O=S=C1C=CC=C(O)C1c1ccc2ncccc2c1. The molecule has 3 nitrogen and oxygen atoms in total. The van der Waals surface area contributed by atoms with Crippen LogP contribution in [0.1, 0.15) is 11.5 Å². The Labute approximate surface area is 114 Å². The lowest BCUT2D eigenvalue weighted by atomic mass is 9.90. The van der Waals surface area contributed by atoms with Gasteiger partial charge in [0.05, 0.1) is 27.6 Å². The minimum absolute atomic E-state index is 0.198. The zero-order valence-electron chi connectivity index (χ0n) is 9.98. The Bertz CT molecular complexity index is 758. The number of allylic oxidation sites excluding steroid dienone is 4. The van der Waals surface area contributed by atoms with Gasteiger partial charge in [-0.25, -0.2) is 4.21 Å². The van der Waals surface area contributed by atoms with Gasteiger partial charge in [-0.05, 0) is 35.9 Å². The van der Waals surface area contributed by atoms with Crippen molar-refractivity contribution in [1.29, 1.82) is 0 Å². The highest BCUT2D eigenvalue weighted by Crippen LogP contribution is 2.29. The Balaban J connectivity index is 2.15. The monoisotopic (exact) mass is 269 g/mol. The standard InChI is InChI=1S/C15H11NO2S/c17-13-4-1-5-14(19-18)15(13)11-6-7-12-10(9-11)3-2-8-16-12/h1-9,15,17H. The van der Waals surface area contributed by atoms with E-state index in [-0.39, 0.29) is 11.7 Å². The molecule has 1 unspecified atom stereocenters. The van der Waals surface area contributed by atoms with Crippen molar-refractivity contribution in [3.63, 3.8) is 0 Å². The number of pyridine rings is 1. The van der Waals surface area contributed by atoms with Gasteiger partial charge in [0.15, 0.2) is 0 Å². The Morgan fingerprint density at radius 3 is 3.00 bits per heavy atom. The second-order valence-corrected chi connectivity index (χ2v) is 4.96. The van der Waals surface area contributed by atoms with Crippen LogP contribution in [0.4, 0.5) is 0 Å². The average molecular weight is 269 g/mol. The summed E-state index contributed by atoms with van der Waals surface area (Å²) in [4.78, 5) is 4.86. The number of fused-ring (bicyclic) bond motifs is 1. The van der Waals surface area contributed by atoms with Crippen LogP contribution in [0.5, 0.6) is 0 Å². The maximum Gasteiger partial charge on any atom is 0.105 e. The van der Waals surface area contributed by atoms with Crippen LogP contribution in [0.25, 0.3) is 10.9 Å². The Morgan fingerprint density at radius 2 is 2.16 bits per heavy atom. The van der Waals surface area contributed by atoms with Crippen molar-refractivity contribution < 1.29 is 9.32 Å². The summed E-state index contributed by atoms with van der Waals surface area (Å²) in [6.07, 6.45) is 6.80. The zero-order valence-corrected chi connectivity index (χ0v) is 10.8. The number of benzene rings is 1. The highest BCUT2D eigenvalue weighted by atomic mass is 32.1. The highest BCUT2D eigenvalue weighted by Gasteiger charge is 2.23. The third-order valence-electron chi connectivity index (χ3n) is 3.16. The number of hydrogen-bond acceptors (Lipinski definition) is 3. The summed E-state index contributed by atoms with van der Waals surface area (Å²) in [5.41, 5.74) is 1.80.